The molecule has 1 aromatic carbocycles. The molecule has 16 heavy (non-hydrogen) atoms. The van der Waals surface area contributed by atoms with Crippen molar-refractivity contribution in [3.8, 4) is 0 Å². The summed E-state index contributed by atoms with van der Waals surface area (Å²) in [6.45, 7) is 10.4. The molecule has 88 valence electrons. The topological polar surface area (TPSA) is 3.24 Å². The first-order valence-electron chi connectivity index (χ1n) is 6.36. The molecule has 1 nitrogen and oxygen atoms in total. The Balaban J connectivity index is 2.16. The Hall–Kier alpha value is -0.820. The van der Waals surface area contributed by atoms with Gasteiger partial charge in [0.15, 0.2) is 0 Å². The first-order chi connectivity index (χ1) is 7.52. The Bertz CT molecular complexity index is 337. The minimum Gasteiger partial charge on any atom is -0.295 e. The Labute approximate surface area is 99.5 Å². The van der Waals surface area contributed by atoms with Gasteiger partial charge < -0.3 is 0 Å². The van der Waals surface area contributed by atoms with Crippen LogP contribution in [0, 0.1) is 0 Å². The van der Waals surface area contributed by atoms with E-state index in [1.165, 1.54) is 12.8 Å². The van der Waals surface area contributed by atoms with Gasteiger partial charge in [-0.25, -0.2) is 0 Å². The molecule has 2 rings (SSSR count). The van der Waals surface area contributed by atoms with Gasteiger partial charge in [0.05, 0.1) is 0 Å². The van der Waals surface area contributed by atoms with Crippen LogP contribution in [-0.4, -0.2) is 23.0 Å². The Morgan fingerprint density at radius 3 is 2.00 bits per heavy atom. The van der Waals surface area contributed by atoms with Crippen molar-refractivity contribution in [1.29, 1.82) is 0 Å². The highest BCUT2D eigenvalue weighted by molar-refractivity contribution is 5.33. The van der Waals surface area contributed by atoms with Crippen LogP contribution in [0.5, 0.6) is 0 Å². The highest BCUT2D eigenvalue weighted by Gasteiger charge is 2.31. The Kier molecular flexibility index (Phi) is 3.07. The summed E-state index contributed by atoms with van der Waals surface area (Å²) < 4.78 is 0. The van der Waals surface area contributed by atoms with Crippen LogP contribution in [0.2, 0.25) is 0 Å². The van der Waals surface area contributed by atoms with Crippen LogP contribution in [-0.2, 0) is 12.8 Å². The summed E-state index contributed by atoms with van der Waals surface area (Å²) in [5.41, 5.74) is 3.38. The average molecular weight is 217 g/mol. The van der Waals surface area contributed by atoms with E-state index in [9.17, 15) is 0 Å². The highest BCUT2D eigenvalue weighted by Crippen LogP contribution is 2.29. The molecule has 0 atom stereocenters. The van der Waals surface area contributed by atoms with Crippen molar-refractivity contribution in [1.82, 2.24) is 4.90 Å². The first kappa shape index (κ1) is 11.7. The zero-order chi connectivity index (χ0) is 11.8. The van der Waals surface area contributed by atoms with E-state index in [0.29, 0.717) is 6.04 Å². The molecule has 0 bridgehead atoms. The summed E-state index contributed by atoms with van der Waals surface area (Å²) in [4.78, 5) is 2.63. The van der Waals surface area contributed by atoms with Gasteiger partial charge in [0.25, 0.3) is 0 Å². The van der Waals surface area contributed by atoms with E-state index in [1.54, 1.807) is 11.1 Å². The summed E-state index contributed by atoms with van der Waals surface area (Å²) in [5.74, 6) is 0. The fourth-order valence-electron chi connectivity index (χ4n) is 3.04. The second kappa shape index (κ2) is 4.21. The number of fused-ring (bicyclic) bond motifs is 1. The summed E-state index contributed by atoms with van der Waals surface area (Å²) in [7, 11) is 0. The van der Waals surface area contributed by atoms with Crippen molar-refractivity contribution in [3.05, 3.63) is 35.4 Å². The lowest BCUT2D eigenvalue weighted by Crippen LogP contribution is -2.48. The molecule has 1 aliphatic carbocycles. The maximum Gasteiger partial charge on any atom is 0.0181 e. The van der Waals surface area contributed by atoms with Crippen LogP contribution in [0.25, 0.3) is 0 Å². The van der Waals surface area contributed by atoms with E-state index in [0.717, 1.165) is 6.54 Å². The van der Waals surface area contributed by atoms with Crippen molar-refractivity contribution in [2.75, 3.05) is 6.54 Å². The number of benzene rings is 1. The third kappa shape index (κ3) is 2.15. The molecule has 1 aromatic rings. The van der Waals surface area contributed by atoms with Crippen molar-refractivity contribution in [2.24, 2.45) is 0 Å². The van der Waals surface area contributed by atoms with Gasteiger partial charge in [-0.15, -0.1) is 0 Å². The highest BCUT2D eigenvalue weighted by atomic mass is 15.2. The molecular formula is C15H23N. The number of nitrogens with zero attached hydrogens (tertiary/aromatic N) is 1. The molecule has 0 saturated carbocycles. The van der Waals surface area contributed by atoms with Gasteiger partial charge in [-0.1, -0.05) is 31.2 Å². The minimum atomic E-state index is 0.279. The third-order valence-corrected chi connectivity index (χ3v) is 3.67. The molecule has 0 radical (unpaired) electrons. The summed E-state index contributed by atoms with van der Waals surface area (Å²) in [5, 5.41) is 0. The first-order valence-corrected chi connectivity index (χ1v) is 6.36. The van der Waals surface area contributed by atoms with Crippen LogP contribution in [0.3, 0.4) is 0 Å². The summed E-state index contributed by atoms with van der Waals surface area (Å²) in [6.07, 6.45) is 2.45. The SMILES string of the molecule is CCN(C1Cc2ccccc2C1)C(C)(C)C. The molecule has 0 fully saturated rings. The normalized spacial score (nSPS) is 16.8. The van der Waals surface area contributed by atoms with Crippen LogP contribution < -0.4 is 0 Å². The van der Waals surface area contributed by atoms with Crippen LogP contribution >= 0.6 is 0 Å². The molecule has 1 heteroatoms. The van der Waals surface area contributed by atoms with Gasteiger partial charge in [-0.2, -0.15) is 0 Å². The van der Waals surface area contributed by atoms with Gasteiger partial charge in [0.2, 0.25) is 0 Å². The molecule has 0 saturated heterocycles. The monoisotopic (exact) mass is 217 g/mol. The Morgan fingerprint density at radius 2 is 1.62 bits per heavy atom. The molecule has 0 aromatic heterocycles. The standard InChI is InChI=1S/C15H23N/c1-5-16(15(2,3)4)14-10-12-8-6-7-9-13(12)11-14/h6-9,14H,5,10-11H2,1-4H3. The third-order valence-electron chi connectivity index (χ3n) is 3.67. The molecular weight excluding hydrogens is 194 g/mol. The van der Waals surface area contributed by atoms with Crippen LogP contribution in [0.4, 0.5) is 0 Å². The number of hydrogen-bond acceptors (Lipinski definition) is 1. The fraction of sp³-hybridized carbons (Fsp3) is 0.600. The molecule has 0 heterocycles. The second-order valence-electron chi connectivity index (χ2n) is 5.79. The van der Waals surface area contributed by atoms with E-state index in [-0.39, 0.29) is 5.54 Å². The fourth-order valence-corrected chi connectivity index (χ4v) is 3.04. The van der Waals surface area contributed by atoms with Gasteiger partial charge in [-0.05, 0) is 51.3 Å². The van der Waals surface area contributed by atoms with E-state index in [1.807, 2.05) is 0 Å². The van der Waals surface area contributed by atoms with Crippen molar-refractivity contribution < 1.29 is 0 Å². The predicted octanol–water partition coefficient (Wildman–Crippen LogP) is 3.27. The van der Waals surface area contributed by atoms with Crippen LogP contribution in [0.15, 0.2) is 24.3 Å². The molecule has 0 spiro atoms. The molecule has 0 amide bonds. The van der Waals surface area contributed by atoms with Crippen molar-refractivity contribution in [2.45, 2.75) is 52.1 Å². The second-order valence-corrected chi connectivity index (χ2v) is 5.79. The zero-order valence-corrected chi connectivity index (χ0v) is 11.0. The van der Waals surface area contributed by atoms with Crippen LogP contribution in [0.1, 0.15) is 38.8 Å². The van der Waals surface area contributed by atoms with E-state index in [2.05, 4.69) is 56.9 Å². The lowest BCUT2D eigenvalue weighted by molar-refractivity contribution is 0.0931. The lowest BCUT2D eigenvalue weighted by Gasteiger charge is -2.39. The number of rotatable bonds is 2. The number of hydrogen-bond donors (Lipinski definition) is 0. The molecule has 0 N–H and O–H groups in total. The smallest absolute Gasteiger partial charge is 0.0181 e. The van der Waals surface area contributed by atoms with Gasteiger partial charge >= 0.3 is 0 Å². The Morgan fingerprint density at radius 1 is 1.12 bits per heavy atom. The minimum absolute atomic E-state index is 0.279. The van der Waals surface area contributed by atoms with E-state index in [4.69, 9.17) is 0 Å². The zero-order valence-electron chi connectivity index (χ0n) is 11.0. The van der Waals surface area contributed by atoms with Gasteiger partial charge in [0, 0.05) is 11.6 Å². The van der Waals surface area contributed by atoms with E-state index >= 15 is 0 Å². The summed E-state index contributed by atoms with van der Waals surface area (Å²) in [6, 6.07) is 9.59. The maximum absolute atomic E-state index is 2.63. The van der Waals surface area contributed by atoms with Crippen molar-refractivity contribution in [3.63, 3.8) is 0 Å². The summed E-state index contributed by atoms with van der Waals surface area (Å²) >= 11 is 0. The molecule has 0 unspecified atom stereocenters. The molecule has 0 aliphatic heterocycles. The predicted molar refractivity (Wildman–Crippen MR) is 69.8 cm³/mol. The molecule has 1 aliphatic rings. The quantitative estimate of drug-likeness (QED) is 0.735. The van der Waals surface area contributed by atoms with Gasteiger partial charge in [0.1, 0.15) is 0 Å². The van der Waals surface area contributed by atoms with E-state index < -0.39 is 0 Å². The lowest BCUT2D eigenvalue weighted by atomic mass is 10.0. The van der Waals surface area contributed by atoms with Crippen molar-refractivity contribution >= 4 is 0 Å². The van der Waals surface area contributed by atoms with Gasteiger partial charge in [-0.3, -0.25) is 4.90 Å². The maximum atomic E-state index is 2.63. The average Bonchev–Trinajstić information content (AvgIpc) is 2.59. The number of likely N-dealkylation sites (N-methyl/N-ethyl adjacent to an activating group) is 1. The largest absolute Gasteiger partial charge is 0.295 e.